The number of morpholine rings is 1. The van der Waals surface area contributed by atoms with Crippen LogP contribution in [-0.4, -0.2) is 49.1 Å². The van der Waals surface area contributed by atoms with E-state index < -0.39 is 4.92 Å². The number of ether oxygens (including phenoxy) is 1. The van der Waals surface area contributed by atoms with Gasteiger partial charge in [-0.25, -0.2) is 5.43 Å². The zero-order valence-corrected chi connectivity index (χ0v) is 16.6. The molecule has 1 aliphatic heterocycles. The maximum absolute atomic E-state index is 12.0. The summed E-state index contributed by atoms with van der Waals surface area (Å²) in [4.78, 5) is 24.8. The monoisotopic (exact) mass is 414 g/mol. The molecule has 0 bridgehead atoms. The number of nitro benzene ring substituents is 1. The quantitative estimate of drug-likeness (QED) is 0.405. The van der Waals surface area contributed by atoms with Crippen molar-refractivity contribution in [1.29, 1.82) is 0 Å². The number of hydrogen-bond donors (Lipinski definition) is 1. The highest BCUT2D eigenvalue weighted by Crippen LogP contribution is 2.25. The van der Waals surface area contributed by atoms with E-state index in [1.165, 1.54) is 30.1 Å². The molecule has 3 rings (SSSR count). The SMILES string of the molecule is O=C(CSCc1ccccc1)N/N=C\c1cc([N+](=O)[O-])ccc1N1CCOCC1. The van der Waals surface area contributed by atoms with Gasteiger partial charge in [-0.05, 0) is 11.6 Å². The largest absolute Gasteiger partial charge is 0.378 e. The molecular weight excluding hydrogens is 392 g/mol. The number of thioether (sulfide) groups is 1. The van der Waals surface area contributed by atoms with Crippen molar-refractivity contribution in [1.82, 2.24) is 5.43 Å². The Hall–Kier alpha value is -2.91. The highest BCUT2D eigenvalue weighted by Gasteiger charge is 2.17. The molecule has 0 aliphatic carbocycles. The molecule has 2 aromatic carbocycles. The number of rotatable bonds is 8. The highest BCUT2D eigenvalue weighted by molar-refractivity contribution is 7.99. The number of amides is 1. The average molecular weight is 414 g/mol. The number of benzene rings is 2. The predicted molar refractivity (Wildman–Crippen MR) is 114 cm³/mol. The van der Waals surface area contributed by atoms with Crippen molar-refractivity contribution < 1.29 is 14.5 Å². The summed E-state index contributed by atoms with van der Waals surface area (Å²) in [7, 11) is 0. The molecule has 1 fully saturated rings. The Bertz CT molecular complexity index is 870. The molecular formula is C20H22N4O4S. The fraction of sp³-hybridized carbons (Fsp3) is 0.300. The number of hydrogen-bond acceptors (Lipinski definition) is 7. The van der Waals surface area contributed by atoms with Gasteiger partial charge in [-0.3, -0.25) is 14.9 Å². The van der Waals surface area contributed by atoms with E-state index >= 15 is 0 Å². The molecule has 152 valence electrons. The van der Waals surface area contributed by atoms with Gasteiger partial charge in [0.05, 0.1) is 30.1 Å². The van der Waals surface area contributed by atoms with Crippen molar-refractivity contribution in [3.63, 3.8) is 0 Å². The number of anilines is 1. The summed E-state index contributed by atoms with van der Waals surface area (Å²) in [6.45, 7) is 2.59. The molecule has 0 unspecified atom stereocenters. The van der Waals surface area contributed by atoms with Crippen LogP contribution >= 0.6 is 11.8 Å². The van der Waals surface area contributed by atoms with Crippen LogP contribution in [0.1, 0.15) is 11.1 Å². The topological polar surface area (TPSA) is 97.1 Å². The molecule has 1 N–H and O–H groups in total. The normalized spacial score (nSPS) is 14.1. The lowest BCUT2D eigenvalue weighted by Gasteiger charge is -2.29. The summed E-state index contributed by atoms with van der Waals surface area (Å²) >= 11 is 1.50. The van der Waals surface area contributed by atoms with Crippen molar-refractivity contribution in [3.8, 4) is 0 Å². The number of hydrazone groups is 1. The van der Waals surface area contributed by atoms with Gasteiger partial charge >= 0.3 is 0 Å². The van der Waals surface area contributed by atoms with Gasteiger partial charge in [0.2, 0.25) is 5.91 Å². The number of non-ortho nitro benzene ring substituents is 1. The van der Waals surface area contributed by atoms with Gasteiger partial charge in [-0.1, -0.05) is 30.3 Å². The molecule has 1 saturated heterocycles. The summed E-state index contributed by atoms with van der Waals surface area (Å²) in [5.41, 5.74) is 5.04. The van der Waals surface area contributed by atoms with Gasteiger partial charge in [0.1, 0.15) is 0 Å². The second-order valence-electron chi connectivity index (χ2n) is 6.37. The second kappa shape index (κ2) is 10.6. The minimum atomic E-state index is -0.445. The average Bonchev–Trinajstić information content (AvgIpc) is 2.75. The van der Waals surface area contributed by atoms with E-state index in [1.807, 2.05) is 30.3 Å². The number of nitro groups is 1. The van der Waals surface area contributed by atoms with E-state index in [2.05, 4.69) is 15.4 Å². The van der Waals surface area contributed by atoms with Crippen molar-refractivity contribution >= 4 is 35.3 Å². The molecule has 9 heteroatoms. The summed E-state index contributed by atoms with van der Waals surface area (Å²) in [5.74, 6) is 0.794. The minimum Gasteiger partial charge on any atom is -0.378 e. The predicted octanol–water partition coefficient (Wildman–Crippen LogP) is 2.81. The van der Waals surface area contributed by atoms with Crippen molar-refractivity contribution in [2.75, 3.05) is 37.0 Å². The van der Waals surface area contributed by atoms with E-state index in [9.17, 15) is 14.9 Å². The van der Waals surface area contributed by atoms with Crippen LogP contribution in [-0.2, 0) is 15.3 Å². The first-order chi connectivity index (χ1) is 14.1. The second-order valence-corrected chi connectivity index (χ2v) is 7.36. The molecule has 0 radical (unpaired) electrons. The summed E-state index contributed by atoms with van der Waals surface area (Å²) in [5, 5.41) is 15.1. The Labute approximate surface area is 173 Å². The molecule has 1 aliphatic rings. The van der Waals surface area contributed by atoms with Gasteiger partial charge in [0.25, 0.3) is 5.69 Å². The standard InChI is InChI=1S/C20H22N4O4S/c25-20(15-29-14-16-4-2-1-3-5-16)22-21-13-17-12-18(24(26)27)6-7-19(17)23-8-10-28-11-9-23/h1-7,12-13H,8-11,14-15H2,(H,22,25)/b21-13-. The third kappa shape index (κ3) is 6.30. The van der Waals surface area contributed by atoms with Crippen LogP contribution in [0.5, 0.6) is 0 Å². The van der Waals surface area contributed by atoms with E-state index in [0.29, 0.717) is 31.9 Å². The van der Waals surface area contributed by atoms with Gasteiger partial charge in [-0.15, -0.1) is 11.8 Å². The first-order valence-electron chi connectivity index (χ1n) is 9.18. The fourth-order valence-electron chi connectivity index (χ4n) is 2.89. The first-order valence-corrected chi connectivity index (χ1v) is 10.3. The highest BCUT2D eigenvalue weighted by atomic mass is 32.2. The molecule has 1 amide bonds. The molecule has 0 aromatic heterocycles. The van der Waals surface area contributed by atoms with Crippen LogP contribution in [0.15, 0.2) is 53.6 Å². The summed E-state index contributed by atoms with van der Waals surface area (Å²) < 4.78 is 5.36. The van der Waals surface area contributed by atoms with Crippen molar-refractivity contribution in [2.45, 2.75) is 5.75 Å². The van der Waals surface area contributed by atoms with E-state index in [-0.39, 0.29) is 17.3 Å². The van der Waals surface area contributed by atoms with Crippen LogP contribution < -0.4 is 10.3 Å². The van der Waals surface area contributed by atoms with E-state index in [1.54, 1.807) is 6.07 Å². The van der Waals surface area contributed by atoms with Crippen LogP contribution in [0.25, 0.3) is 0 Å². The molecule has 29 heavy (non-hydrogen) atoms. The molecule has 2 aromatic rings. The third-order valence-electron chi connectivity index (χ3n) is 4.31. The maximum Gasteiger partial charge on any atom is 0.270 e. The number of nitrogens with one attached hydrogen (secondary N) is 1. The van der Waals surface area contributed by atoms with Crippen LogP contribution in [0.2, 0.25) is 0 Å². The van der Waals surface area contributed by atoms with Crippen LogP contribution in [0, 0.1) is 10.1 Å². The Kier molecular flexibility index (Phi) is 7.60. The Morgan fingerprint density at radius 3 is 2.72 bits per heavy atom. The lowest BCUT2D eigenvalue weighted by molar-refractivity contribution is -0.384. The number of carbonyl (C=O) groups excluding carboxylic acids is 1. The number of carbonyl (C=O) groups is 1. The van der Waals surface area contributed by atoms with Crippen LogP contribution in [0.3, 0.4) is 0 Å². The van der Waals surface area contributed by atoms with Gasteiger partial charge in [0, 0.05) is 42.2 Å². The third-order valence-corrected chi connectivity index (χ3v) is 5.32. The molecule has 1 heterocycles. The van der Waals surface area contributed by atoms with Crippen molar-refractivity contribution in [2.24, 2.45) is 5.10 Å². The Morgan fingerprint density at radius 2 is 2.00 bits per heavy atom. The first kappa shape index (κ1) is 20.8. The van der Waals surface area contributed by atoms with Gasteiger partial charge in [-0.2, -0.15) is 5.10 Å². The molecule has 0 atom stereocenters. The van der Waals surface area contributed by atoms with Crippen molar-refractivity contribution in [3.05, 3.63) is 69.8 Å². The zero-order valence-electron chi connectivity index (χ0n) is 15.8. The van der Waals surface area contributed by atoms with E-state index in [4.69, 9.17) is 4.74 Å². The molecule has 0 spiro atoms. The minimum absolute atomic E-state index is 0.0202. The number of nitrogens with zero attached hydrogens (tertiary/aromatic N) is 3. The van der Waals surface area contributed by atoms with Gasteiger partial charge in [0.15, 0.2) is 0 Å². The maximum atomic E-state index is 12.0. The Morgan fingerprint density at radius 1 is 1.24 bits per heavy atom. The molecule has 8 nitrogen and oxygen atoms in total. The molecule has 0 saturated carbocycles. The lowest BCUT2D eigenvalue weighted by atomic mass is 10.1. The smallest absolute Gasteiger partial charge is 0.270 e. The van der Waals surface area contributed by atoms with Crippen LogP contribution in [0.4, 0.5) is 11.4 Å². The fourth-order valence-corrected chi connectivity index (χ4v) is 3.67. The zero-order chi connectivity index (χ0) is 20.5. The van der Waals surface area contributed by atoms with E-state index in [0.717, 1.165) is 17.0 Å². The lowest BCUT2D eigenvalue weighted by Crippen LogP contribution is -2.36. The summed E-state index contributed by atoms with van der Waals surface area (Å²) in [6.07, 6.45) is 1.46. The summed E-state index contributed by atoms with van der Waals surface area (Å²) in [6, 6.07) is 14.6. The Balaban J connectivity index is 1.59. The van der Waals surface area contributed by atoms with Gasteiger partial charge < -0.3 is 9.64 Å².